The first kappa shape index (κ1) is 6.14. The standard InChI is InChI=1S/C8H10O/c1-6-4-7(2)9-8(3)5-6/h4-5H,1H2,2-3H3. The molecule has 0 aromatic carbocycles. The molecule has 48 valence electrons. The van der Waals surface area contributed by atoms with Gasteiger partial charge >= 0.3 is 0 Å². The molecule has 0 atom stereocenters. The maximum atomic E-state index is 5.22. The zero-order valence-corrected chi connectivity index (χ0v) is 5.77. The van der Waals surface area contributed by atoms with E-state index in [0.717, 1.165) is 17.1 Å². The Kier molecular flexibility index (Phi) is 1.43. The SMILES string of the molecule is C=C1C=C(C)OC(C)=C1. The lowest BCUT2D eigenvalue weighted by molar-refractivity contribution is 0.304. The molecule has 0 bridgehead atoms. The van der Waals surface area contributed by atoms with Crippen molar-refractivity contribution in [2.75, 3.05) is 0 Å². The van der Waals surface area contributed by atoms with E-state index in [4.69, 9.17) is 4.74 Å². The van der Waals surface area contributed by atoms with Crippen LogP contribution in [-0.2, 0) is 4.74 Å². The Morgan fingerprint density at radius 1 is 1.22 bits per heavy atom. The first-order valence-corrected chi connectivity index (χ1v) is 2.92. The molecule has 1 aliphatic heterocycles. The minimum Gasteiger partial charge on any atom is -0.467 e. The molecule has 0 N–H and O–H groups in total. The van der Waals surface area contributed by atoms with Crippen LogP contribution in [0.1, 0.15) is 13.8 Å². The quantitative estimate of drug-likeness (QED) is 0.479. The Morgan fingerprint density at radius 2 is 1.67 bits per heavy atom. The maximum Gasteiger partial charge on any atom is 0.101 e. The van der Waals surface area contributed by atoms with Gasteiger partial charge in [-0.05, 0) is 31.6 Å². The van der Waals surface area contributed by atoms with Crippen LogP contribution in [0, 0.1) is 0 Å². The van der Waals surface area contributed by atoms with Crippen molar-refractivity contribution in [3.63, 3.8) is 0 Å². The normalized spacial score (nSPS) is 18.2. The van der Waals surface area contributed by atoms with Gasteiger partial charge in [0.25, 0.3) is 0 Å². The number of allylic oxidation sites excluding steroid dienone is 5. The summed E-state index contributed by atoms with van der Waals surface area (Å²) in [6.45, 7) is 7.62. The van der Waals surface area contributed by atoms with E-state index in [9.17, 15) is 0 Å². The van der Waals surface area contributed by atoms with Crippen LogP contribution in [-0.4, -0.2) is 0 Å². The van der Waals surface area contributed by atoms with E-state index >= 15 is 0 Å². The second-order valence-electron chi connectivity index (χ2n) is 2.19. The van der Waals surface area contributed by atoms with Gasteiger partial charge in [0.2, 0.25) is 0 Å². The van der Waals surface area contributed by atoms with Crippen LogP contribution < -0.4 is 0 Å². The molecular formula is C8H10O. The smallest absolute Gasteiger partial charge is 0.101 e. The Bertz CT molecular complexity index is 177. The summed E-state index contributed by atoms with van der Waals surface area (Å²) in [5.74, 6) is 1.83. The Balaban J connectivity index is 2.81. The fourth-order valence-corrected chi connectivity index (χ4v) is 0.877. The van der Waals surface area contributed by atoms with Gasteiger partial charge in [0, 0.05) is 0 Å². The van der Waals surface area contributed by atoms with Crippen molar-refractivity contribution in [1.29, 1.82) is 0 Å². The first-order valence-electron chi connectivity index (χ1n) is 2.92. The predicted octanol–water partition coefficient (Wildman–Crippen LogP) is 2.38. The molecule has 1 heterocycles. The molecule has 1 nitrogen and oxygen atoms in total. The summed E-state index contributed by atoms with van der Waals surface area (Å²) in [5.41, 5.74) is 1.01. The lowest BCUT2D eigenvalue weighted by Crippen LogP contribution is -1.92. The molecule has 0 saturated carbocycles. The van der Waals surface area contributed by atoms with Gasteiger partial charge in [0.15, 0.2) is 0 Å². The van der Waals surface area contributed by atoms with E-state index in [1.807, 2.05) is 26.0 Å². The van der Waals surface area contributed by atoms with E-state index in [2.05, 4.69) is 6.58 Å². The number of ether oxygens (including phenoxy) is 1. The van der Waals surface area contributed by atoms with Gasteiger partial charge in [0.1, 0.15) is 11.5 Å². The van der Waals surface area contributed by atoms with Crippen molar-refractivity contribution in [3.05, 3.63) is 35.8 Å². The highest BCUT2D eigenvalue weighted by Crippen LogP contribution is 2.15. The van der Waals surface area contributed by atoms with Crippen LogP contribution in [0.15, 0.2) is 35.8 Å². The lowest BCUT2D eigenvalue weighted by Gasteiger charge is -2.10. The molecule has 9 heavy (non-hydrogen) atoms. The fraction of sp³-hybridized carbons (Fsp3) is 0.250. The molecule has 0 aromatic heterocycles. The molecule has 0 unspecified atom stereocenters. The summed E-state index contributed by atoms with van der Waals surface area (Å²) in [4.78, 5) is 0. The van der Waals surface area contributed by atoms with Crippen LogP contribution in [0.3, 0.4) is 0 Å². The minimum atomic E-state index is 0.917. The summed E-state index contributed by atoms with van der Waals surface area (Å²) in [6, 6.07) is 0. The number of hydrogen-bond donors (Lipinski definition) is 0. The second kappa shape index (κ2) is 2.09. The molecule has 0 radical (unpaired) electrons. The number of rotatable bonds is 0. The van der Waals surface area contributed by atoms with Gasteiger partial charge in [-0.1, -0.05) is 6.58 Å². The molecule has 0 aromatic rings. The van der Waals surface area contributed by atoms with Gasteiger partial charge < -0.3 is 4.74 Å². The lowest BCUT2D eigenvalue weighted by atomic mass is 10.2. The predicted molar refractivity (Wildman–Crippen MR) is 37.7 cm³/mol. The van der Waals surface area contributed by atoms with Crippen molar-refractivity contribution < 1.29 is 4.74 Å². The Hall–Kier alpha value is -0.980. The topological polar surface area (TPSA) is 9.23 Å². The molecule has 0 aliphatic carbocycles. The summed E-state index contributed by atoms with van der Waals surface area (Å²) >= 11 is 0. The highest BCUT2D eigenvalue weighted by Gasteiger charge is 1.99. The first-order chi connectivity index (χ1) is 4.18. The Morgan fingerprint density at radius 3 is 2.00 bits per heavy atom. The fourth-order valence-electron chi connectivity index (χ4n) is 0.877. The maximum absolute atomic E-state index is 5.22. The van der Waals surface area contributed by atoms with Crippen LogP contribution in [0.5, 0.6) is 0 Å². The second-order valence-corrected chi connectivity index (χ2v) is 2.19. The van der Waals surface area contributed by atoms with E-state index < -0.39 is 0 Å². The van der Waals surface area contributed by atoms with Gasteiger partial charge in [-0.25, -0.2) is 0 Å². The molecule has 0 saturated heterocycles. The largest absolute Gasteiger partial charge is 0.467 e. The van der Waals surface area contributed by atoms with Gasteiger partial charge in [-0.3, -0.25) is 0 Å². The third-order valence-electron chi connectivity index (χ3n) is 1.10. The van der Waals surface area contributed by atoms with Gasteiger partial charge in [-0.15, -0.1) is 0 Å². The van der Waals surface area contributed by atoms with Crippen molar-refractivity contribution in [2.24, 2.45) is 0 Å². The summed E-state index contributed by atoms with van der Waals surface area (Å²) in [7, 11) is 0. The van der Waals surface area contributed by atoms with Crippen molar-refractivity contribution in [3.8, 4) is 0 Å². The van der Waals surface area contributed by atoms with Gasteiger partial charge in [0.05, 0.1) is 0 Å². The summed E-state index contributed by atoms with van der Waals surface area (Å²) in [5, 5.41) is 0. The van der Waals surface area contributed by atoms with Crippen LogP contribution >= 0.6 is 0 Å². The van der Waals surface area contributed by atoms with E-state index in [1.54, 1.807) is 0 Å². The van der Waals surface area contributed by atoms with E-state index in [1.165, 1.54) is 0 Å². The summed E-state index contributed by atoms with van der Waals surface area (Å²) in [6.07, 6.45) is 3.82. The molecule has 0 fully saturated rings. The van der Waals surface area contributed by atoms with E-state index in [-0.39, 0.29) is 0 Å². The molecular weight excluding hydrogens is 112 g/mol. The summed E-state index contributed by atoms with van der Waals surface area (Å²) < 4.78 is 5.22. The zero-order chi connectivity index (χ0) is 6.85. The van der Waals surface area contributed by atoms with Crippen LogP contribution in [0.25, 0.3) is 0 Å². The van der Waals surface area contributed by atoms with Gasteiger partial charge in [-0.2, -0.15) is 0 Å². The van der Waals surface area contributed by atoms with Crippen LogP contribution in [0.4, 0.5) is 0 Å². The molecule has 0 spiro atoms. The average molecular weight is 122 g/mol. The molecule has 1 heteroatoms. The highest BCUT2D eigenvalue weighted by molar-refractivity contribution is 5.33. The molecule has 1 aliphatic rings. The third kappa shape index (κ3) is 1.46. The van der Waals surface area contributed by atoms with Crippen molar-refractivity contribution in [2.45, 2.75) is 13.8 Å². The average Bonchev–Trinajstić information content (AvgIpc) is 1.59. The zero-order valence-electron chi connectivity index (χ0n) is 5.77. The van der Waals surface area contributed by atoms with E-state index in [0.29, 0.717) is 0 Å². The van der Waals surface area contributed by atoms with Crippen LogP contribution in [0.2, 0.25) is 0 Å². The third-order valence-corrected chi connectivity index (χ3v) is 1.10. The van der Waals surface area contributed by atoms with Crippen molar-refractivity contribution in [1.82, 2.24) is 0 Å². The Labute approximate surface area is 55.3 Å². The number of hydrogen-bond acceptors (Lipinski definition) is 1. The highest BCUT2D eigenvalue weighted by atomic mass is 16.5. The monoisotopic (exact) mass is 122 g/mol. The minimum absolute atomic E-state index is 0.917. The van der Waals surface area contributed by atoms with Crippen molar-refractivity contribution >= 4 is 0 Å². The molecule has 1 rings (SSSR count). The molecule has 0 amide bonds.